The van der Waals surface area contributed by atoms with Crippen LogP contribution in [0.5, 0.6) is 0 Å². The van der Waals surface area contributed by atoms with E-state index < -0.39 is 0 Å². The Morgan fingerprint density at radius 3 is 2.15 bits per heavy atom. The average Bonchev–Trinajstić information content (AvgIpc) is 2.10. The fraction of sp³-hybridized carbons (Fsp3) is 0.917. The van der Waals surface area contributed by atoms with E-state index in [-0.39, 0.29) is 6.10 Å². The molecule has 1 unspecified atom stereocenters. The van der Waals surface area contributed by atoms with Gasteiger partial charge in [-0.1, -0.05) is 52.4 Å². The van der Waals surface area contributed by atoms with E-state index in [1.54, 1.807) is 0 Å². The van der Waals surface area contributed by atoms with Crippen molar-refractivity contribution in [1.29, 1.82) is 0 Å². The normalized spacial score (nSPS) is 13.6. The first-order valence-electron chi connectivity index (χ1n) is 5.68. The molecule has 1 nitrogen and oxygen atoms in total. The Morgan fingerprint density at radius 2 is 1.62 bits per heavy atom. The minimum absolute atomic E-state index is 0.212. The molecule has 1 heteroatoms. The van der Waals surface area contributed by atoms with E-state index in [2.05, 4.69) is 13.8 Å². The monoisotopic (exact) mass is 185 g/mol. The first-order valence-corrected chi connectivity index (χ1v) is 5.68. The molecule has 0 aromatic heterocycles. The van der Waals surface area contributed by atoms with Crippen molar-refractivity contribution >= 4 is 0 Å². The van der Waals surface area contributed by atoms with Crippen LogP contribution in [0.4, 0.5) is 0 Å². The molecule has 0 aliphatic rings. The van der Waals surface area contributed by atoms with Gasteiger partial charge in [-0.25, -0.2) is 0 Å². The van der Waals surface area contributed by atoms with Crippen LogP contribution in [0.15, 0.2) is 0 Å². The molecule has 13 heavy (non-hydrogen) atoms. The van der Waals surface area contributed by atoms with E-state index in [0.717, 1.165) is 6.42 Å². The van der Waals surface area contributed by atoms with Gasteiger partial charge in [-0.15, -0.1) is 0 Å². The predicted molar refractivity (Wildman–Crippen MR) is 58.6 cm³/mol. The minimum Gasteiger partial charge on any atom is -0.393 e. The molecule has 0 aliphatic carbocycles. The van der Waals surface area contributed by atoms with Crippen molar-refractivity contribution in [3.8, 4) is 0 Å². The van der Waals surface area contributed by atoms with Gasteiger partial charge >= 0.3 is 0 Å². The number of rotatable bonds is 8. The van der Waals surface area contributed by atoms with Gasteiger partial charge in [0.15, 0.2) is 0 Å². The van der Waals surface area contributed by atoms with Gasteiger partial charge in [0, 0.05) is 5.92 Å². The van der Waals surface area contributed by atoms with Crippen molar-refractivity contribution in [1.82, 2.24) is 0 Å². The molecule has 0 rings (SSSR count). The summed E-state index contributed by atoms with van der Waals surface area (Å²) in [5.74, 6) is 1.23. The van der Waals surface area contributed by atoms with E-state index in [1.807, 2.05) is 6.92 Å². The van der Waals surface area contributed by atoms with Crippen LogP contribution in [-0.4, -0.2) is 11.2 Å². The Hall–Kier alpha value is -0.0400. The van der Waals surface area contributed by atoms with Crippen molar-refractivity contribution < 1.29 is 5.11 Å². The maximum Gasteiger partial charge on any atom is 0.0571 e. The zero-order valence-corrected chi connectivity index (χ0v) is 9.47. The van der Waals surface area contributed by atoms with Crippen molar-refractivity contribution in [2.45, 2.75) is 71.8 Å². The number of hydrogen-bond acceptors (Lipinski definition) is 1. The lowest BCUT2D eigenvalue weighted by molar-refractivity contribution is 0.201. The van der Waals surface area contributed by atoms with Gasteiger partial charge < -0.3 is 5.11 Å². The second kappa shape index (κ2) is 8.55. The van der Waals surface area contributed by atoms with Crippen molar-refractivity contribution in [3.05, 3.63) is 5.92 Å². The zero-order valence-electron chi connectivity index (χ0n) is 9.47. The predicted octanol–water partition coefficient (Wildman–Crippen LogP) is 3.71. The van der Waals surface area contributed by atoms with E-state index in [4.69, 9.17) is 0 Å². The van der Waals surface area contributed by atoms with Gasteiger partial charge in [0.25, 0.3) is 0 Å². The highest BCUT2D eigenvalue weighted by atomic mass is 16.3. The molecule has 1 N–H and O–H groups in total. The molecule has 79 valence electrons. The van der Waals surface area contributed by atoms with Crippen molar-refractivity contribution in [2.24, 2.45) is 0 Å². The largest absolute Gasteiger partial charge is 0.393 e. The Kier molecular flexibility index (Phi) is 8.53. The average molecular weight is 185 g/mol. The Labute approximate surface area is 83.5 Å². The van der Waals surface area contributed by atoms with Crippen molar-refractivity contribution in [2.75, 3.05) is 0 Å². The lowest BCUT2D eigenvalue weighted by Crippen LogP contribution is -2.10. The smallest absolute Gasteiger partial charge is 0.0571 e. The Balaban J connectivity index is 3.07. The fourth-order valence-electron chi connectivity index (χ4n) is 1.39. The third kappa shape index (κ3) is 8.29. The van der Waals surface area contributed by atoms with Gasteiger partial charge in [0.2, 0.25) is 0 Å². The number of aliphatic hydroxyl groups excluding tert-OH is 1. The maximum absolute atomic E-state index is 9.22. The summed E-state index contributed by atoms with van der Waals surface area (Å²) in [5, 5.41) is 9.22. The molecule has 0 aliphatic heterocycles. The van der Waals surface area contributed by atoms with Gasteiger partial charge in [-0.05, 0) is 13.3 Å². The summed E-state index contributed by atoms with van der Waals surface area (Å²) in [4.78, 5) is 0. The quantitative estimate of drug-likeness (QED) is 0.571. The molecule has 0 bridgehead atoms. The summed E-state index contributed by atoms with van der Waals surface area (Å²) in [7, 11) is 0. The third-order valence-corrected chi connectivity index (χ3v) is 2.64. The molecule has 0 aromatic carbocycles. The second-order valence-electron chi connectivity index (χ2n) is 4.04. The zero-order chi connectivity index (χ0) is 10.1. The molecule has 0 saturated heterocycles. The summed E-state index contributed by atoms with van der Waals surface area (Å²) in [6.07, 6.45) is 8.90. The molecule has 0 amide bonds. The molecule has 0 fully saturated rings. The lowest BCUT2D eigenvalue weighted by atomic mass is 9.98. The van der Waals surface area contributed by atoms with Crippen LogP contribution in [0.1, 0.15) is 65.7 Å². The Bertz CT molecular complexity index is 99.3. The minimum atomic E-state index is -0.212. The van der Waals surface area contributed by atoms with Crippen LogP contribution in [0, 0.1) is 5.92 Å². The number of aliphatic hydroxyl groups is 1. The second-order valence-corrected chi connectivity index (χ2v) is 4.04. The first kappa shape index (κ1) is 13.0. The highest BCUT2D eigenvalue weighted by molar-refractivity contribution is 4.89. The highest BCUT2D eigenvalue weighted by Crippen LogP contribution is 2.16. The summed E-state index contributed by atoms with van der Waals surface area (Å²) in [6.45, 7) is 6.15. The van der Waals surface area contributed by atoms with E-state index in [9.17, 15) is 5.11 Å². The summed E-state index contributed by atoms with van der Waals surface area (Å²) in [6, 6.07) is 0. The van der Waals surface area contributed by atoms with Gasteiger partial charge in [0.05, 0.1) is 6.10 Å². The fourth-order valence-corrected chi connectivity index (χ4v) is 1.39. The molecule has 0 heterocycles. The Morgan fingerprint density at radius 1 is 1.08 bits per heavy atom. The lowest BCUT2D eigenvalue weighted by Gasteiger charge is -2.12. The standard InChI is InChI=1S/C12H25O/c1-4-5-6-7-8-9-10-11(2)12(3)13/h12-13H,4-10H2,1-3H3. The molecule has 1 radical (unpaired) electrons. The number of hydrogen-bond donors (Lipinski definition) is 1. The summed E-state index contributed by atoms with van der Waals surface area (Å²) < 4.78 is 0. The topological polar surface area (TPSA) is 20.2 Å². The molecular weight excluding hydrogens is 160 g/mol. The molecular formula is C12H25O. The van der Waals surface area contributed by atoms with Crippen LogP contribution >= 0.6 is 0 Å². The van der Waals surface area contributed by atoms with Gasteiger partial charge in [-0.3, -0.25) is 0 Å². The molecule has 1 atom stereocenters. The molecule has 0 saturated carbocycles. The molecule has 0 spiro atoms. The van der Waals surface area contributed by atoms with Crippen LogP contribution in [0.25, 0.3) is 0 Å². The number of unbranched alkanes of at least 4 members (excludes halogenated alkanes) is 5. The van der Waals surface area contributed by atoms with E-state index in [0.29, 0.717) is 0 Å². The first-order chi connectivity index (χ1) is 6.18. The van der Waals surface area contributed by atoms with Crippen molar-refractivity contribution in [3.63, 3.8) is 0 Å². The van der Waals surface area contributed by atoms with Crippen LogP contribution in [0.2, 0.25) is 0 Å². The summed E-state index contributed by atoms with van der Waals surface area (Å²) in [5.41, 5.74) is 0. The SMILES string of the molecule is CCCCCCCC[C](C)C(C)O. The van der Waals surface area contributed by atoms with Crippen LogP contribution < -0.4 is 0 Å². The van der Waals surface area contributed by atoms with Gasteiger partial charge in [0.1, 0.15) is 0 Å². The van der Waals surface area contributed by atoms with Gasteiger partial charge in [-0.2, -0.15) is 0 Å². The van der Waals surface area contributed by atoms with Crippen LogP contribution in [0.3, 0.4) is 0 Å². The summed E-state index contributed by atoms with van der Waals surface area (Å²) >= 11 is 0. The molecule has 0 aromatic rings. The van der Waals surface area contributed by atoms with E-state index in [1.165, 1.54) is 44.4 Å². The van der Waals surface area contributed by atoms with Crippen LogP contribution in [-0.2, 0) is 0 Å². The highest BCUT2D eigenvalue weighted by Gasteiger charge is 2.07. The maximum atomic E-state index is 9.22. The third-order valence-electron chi connectivity index (χ3n) is 2.64. The van der Waals surface area contributed by atoms with E-state index >= 15 is 0 Å².